The van der Waals surface area contributed by atoms with Crippen molar-refractivity contribution in [2.45, 2.75) is 96.4 Å². The lowest BCUT2D eigenvalue weighted by Gasteiger charge is -2.30. The maximum absolute atomic E-state index is 12.8. The summed E-state index contributed by atoms with van der Waals surface area (Å²) < 4.78 is 88.1. The average molecular weight is 746 g/mol. The van der Waals surface area contributed by atoms with Crippen LogP contribution in [-0.4, -0.2) is 36.0 Å². The zero-order valence-corrected chi connectivity index (χ0v) is 28.1. The van der Waals surface area contributed by atoms with Gasteiger partial charge in [0, 0.05) is 16.3 Å². The van der Waals surface area contributed by atoms with Crippen molar-refractivity contribution < 1.29 is 45.7 Å². The van der Waals surface area contributed by atoms with Crippen molar-refractivity contribution in [1.82, 2.24) is 0 Å². The minimum Gasteiger partial charge on any atom is -0.489 e. The van der Waals surface area contributed by atoms with Gasteiger partial charge in [-0.05, 0) is 98.9 Å². The number of hydrogen-bond acceptors (Lipinski definition) is 4. The molecule has 1 N–H and O–H groups in total. The number of ether oxygens (including phenoxy) is 2. The van der Waals surface area contributed by atoms with Crippen molar-refractivity contribution in [3.8, 4) is 11.5 Å². The molecule has 4 aromatic carbocycles. The Labute approximate surface area is 297 Å². The molecule has 0 saturated heterocycles. The van der Waals surface area contributed by atoms with Crippen molar-refractivity contribution in [3.63, 3.8) is 0 Å². The third kappa shape index (κ3) is 9.56. The third-order valence-electron chi connectivity index (χ3n) is 9.37. The standard InChI is InChI=1S/C19H20ClF3O2.C18H16ClF3O2.CH4/c1-11(24)13-3-2-12-4-9-17(18(20)16(12)10-13)25-15-7-5-14(6-8-15)19(21,22)23;19-17-15-9-11(10-23)1-2-12(15)3-8-16(17)24-14-6-4-13(5-7-14)18(20,21)22;/h2-4,9-11,14-15,24H,5-8H2,1H3;1-3,8-10,13-14H,4-7H2;1H4. The molecule has 2 aliphatic carbocycles. The van der Waals surface area contributed by atoms with Crippen molar-refractivity contribution in [1.29, 1.82) is 0 Å². The van der Waals surface area contributed by atoms with E-state index in [9.17, 15) is 36.2 Å². The summed E-state index contributed by atoms with van der Waals surface area (Å²) in [6.07, 6.45) is -6.87. The Morgan fingerprint density at radius 1 is 0.680 bits per heavy atom. The zero-order valence-electron chi connectivity index (χ0n) is 26.6. The summed E-state index contributed by atoms with van der Waals surface area (Å²) in [5.41, 5.74) is 1.25. The molecule has 2 saturated carbocycles. The van der Waals surface area contributed by atoms with Crippen LogP contribution in [0.3, 0.4) is 0 Å². The van der Waals surface area contributed by atoms with Crippen LogP contribution in [0.15, 0.2) is 60.7 Å². The van der Waals surface area contributed by atoms with Gasteiger partial charge >= 0.3 is 12.4 Å². The number of aliphatic hydroxyl groups excluding tert-OH is 1. The second kappa shape index (κ2) is 16.4. The maximum atomic E-state index is 12.8. The van der Waals surface area contributed by atoms with Crippen LogP contribution < -0.4 is 9.47 Å². The van der Waals surface area contributed by atoms with E-state index in [2.05, 4.69) is 0 Å². The van der Waals surface area contributed by atoms with Gasteiger partial charge in [0.15, 0.2) is 0 Å². The highest BCUT2D eigenvalue weighted by Crippen LogP contribution is 2.42. The van der Waals surface area contributed by atoms with E-state index in [1.807, 2.05) is 30.3 Å². The molecule has 0 spiro atoms. The smallest absolute Gasteiger partial charge is 0.391 e. The summed E-state index contributed by atoms with van der Waals surface area (Å²) in [5, 5.41) is 13.8. The molecule has 6 rings (SSSR count). The van der Waals surface area contributed by atoms with Crippen LogP contribution in [0.5, 0.6) is 11.5 Å². The van der Waals surface area contributed by atoms with Gasteiger partial charge in [0.1, 0.15) is 17.8 Å². The Morgan fingerprint density at radius 3 is 1.48 bits per heavy atom. The van der Waals surface area contributed by atoms with E-state index in [0.717, 1.165) is 28.0 Å². The fourth-order valence-electron chi connectivity index (χ4n) is 6.45. The molecule has 0 heterocycles. The molecule has 2 fully saturated rings. The zero-order chi connectivity index (χ0) is 35.5. The molecular weight excluding hydrogens is 705 g/mol. The van der Waals surface area contributed by atoms with E-state index in [4.69, 9.17) is 32.7 Å². The van der Waals surface area contributed by atoms with Gasteiger partial charge in [-0.1, -0.05) is 67.0 Å². The molecule has 0 aromatic heterocycles. The number of carbonyl (C=O) groups is 1. The third-order valence-corrected chi connectivity index (χ3v) is 10.1. The molecule has 2 aliphatic rings. The van der Waals surface area contributed by atoms with Gasteiger partial charge in [0.05, 0.1) is 40.2 Å². The van der Waals surface area contributed by atoms with Gasteiger partial charge in [0.25, 0.3) is 0 Å². The fraction of sp³-hybridized carbons (Fsp3) is 0.447. The molecule has 12 heteroatoms. The maximum Gasteiger partial charge on any atom is 0.391 e. The molecule has 4 aromatic rings. The molecule has 0 amide bonds. The summed E-state index contributed by atoms with van der Waals surface area (Å²) in [5.74, 6) is -1.54. The minimum absolute atomic E-state index is 0. The lowest BCUT2D eigenvalue weighted by molar-refractivity contribution is -0.186. The molecule has 4 nitrogen and oxygen atoms in total. The Hall–Kier alpha value is -3.21. The highest BCUT2D eigenvalue weighted by molar-refractivity contribution is 6.37. The van der Waals surface area contributed by atoms with Crippen LogP contribution in [-0.2, 0) is 0 Å². The summed E-state index contributed by atoms with van der Waals surface area (Å²) in [6.45, 7) is 1.68. The van der Waals surface area contributed by atoms with E-state index < -0.39 is 30.3 Å². The number of halogens is 8. The number of fused-ring (bicyclic) bond motifs is 2. The molecule has 0 bridgehead atoms. The van der Waals surface area contributed by atoms with E-state index in [1.54, 1.807) is 37.3 Å². The van der Waals surface area contributed by atoms with Crippen LogP contribution in [0.4, 0.5) is 26.3 Å². The van der Waals surface area contributed by atoms with Crippen LogP contribution in [0.2, 0.25) is 10.0 Å². The first-order chi connectivity index (χ1) is 23.1. The summed E-state index contributed by atoms with van der Waals surface area (Å²) in [6, 6.07) is 17.9. The van der Waals surface area contributed by atoms with Crippen LogP contribution >= 0.6 is 23.2 Å². The predicted octanol–water partition coefficient (Wildman–Crippen LogP) is 12.5. The van der Waals surface area contributed by atoms with Crippen LogP contribution in [0.25, 0.3) is 21.5 Å². The molecule has 50 heavy (non-hydrogen) atoms. The number of alkyl halides is 6. The lowest BCUT2D eigenvalue weighted by Crippen LogP contribution is -2.31. The number of aldehydes is 1. The van der Waals surface area contributed by atoms with Crippen molar-refractivity contribution in [2.24, 2.45) is 11.8 Å². The topological polar surface area (TPSA) is 55.8 Å². The van der Waals surface area contributed by atoms with Crippen LogP contribution in [0, 0.1) is 11.8 Å². The van der Waals surface area contributed by atoms with Crippen LogP contribution in [0.1, 0.15) is 87.7 Å². The van der Waals surface area contributed by atoms with E-state index in [1.165, 1.54) is 0 Å². The van der Waals surface area contributed by atoms with Gasteiger partial charge in [0.2, 0.25) is 0 Å². The molecule has 272 valence electrons. The SMILES string of the molecule is C.CC(O)c1ccc2ccc(OC3CCC(C(F)(F)F)CC3)c(Cl)c2c1.O=Cc1ccc2ccc(OC3CCC(C(F)(F)F)CC3)c(Cl)c2c1. The highest BCUT2D eigenvalue weighted by atomic mass is 35.5. The van der Waals surface area contributed by atoms with Crippen molar-refractivity contribution in [2.75, 3.05) is 0 Å². The molecule has 1 unspecified atom stereocenters. The van der Waals surface area contributed by atoms with Crippen molar-refractivity contribution in [3.05, 3.63) is 81.8 Å². The lowest BCUT2D eigenvalue weighted by atomic mass is 9.87. The van der Waals surface area contributed by atoms with E-state index in [-0.39, 0.29) is 45.3 Å². The largest absolute Gasteiger partial charge is 0.489 e. The van der Waals surface area contributed by atoms with Gasteiger partial charge in [-0.15, -0.1) is 0 Å². The number of aliphatic hydroxyl groups is 1. The first-order valence-electron chi connectivity index (χ1n) is 16.2. The van der Waals surface area contributed by atoms with Gasteiger partial charge in [-0.3, -0.25) is 4.79 Å². The average Bonchev–Trinajstić information content (AvgIpc) is 3.07. The van der Waals surface area contributed by atoms with E-state index in [0.29, 0.717) is 58.2 Å². The normalized spacial score (nSPS) is 21.8. The number of carbonyl (C=O) groups excluding carboxylic acids is 1. The minimum atomic E-state index is -4.13. The Balaban J connectivity index is 0.000000220. The van der Waals surface area contributed by atoms with Gasteiger partial charge < -0.3 is 14.6 Å². The van der Waals surface area contributed by atoms with E-state index >= 15 is 0 Å². The van der Waals surface area contributed by atoms with Gasteiger partial charge in [-0.25, -0.2) is 0 Å². The fourth-order valence-corrected chi connectivity index (χ4v) is 6.99. The first kappa shape index (κ1) is 39.6. The molecular formula is C38H40Cl2F6O4. The van der Waals surface area contributed by atoms with Crippen molar-refractivity contribution >= 4 is 51.0 Å². The summed E-state index contributed by atoms with van der Waals surface area (Å²) in [4.78, 5) is 10.9. The van der Waals surface area contributed by atoms with Gasteiger partial charge in [-0.2, -0.15) is 26.3 Å². The monoisotopic (exact) mass is 744 g/mol. The number of hydrogen-bond donors (Lipinski definition) is 1. The Kier molecular flexibility index (Phi) is 13.0. The highest BCUT2D eigenvalue weighted by Gasteiger charge is 2.43. The Morgan fingerprint density at radius 2 is 1.08 bits per heavy atom. The molecule has 0 aliphatic heterocycles. The second-order valence-corrected chi connectivity index (χ2v) is 13.5. The first-order valence-corrected chi connectivity index (χ1v) is 16.9. The molecule has 1 atom stereocenters. The predicted molar refractivity (Wildman–Crippen MR) is 186 cm³/mol. The summed E-state index contributed by atoms with van der Waals surface area (Å²) >= 11 is 12.8. The number of rotatable bonds is 6. The Bertz CT molecular complexity index is 1760. The molecule has 0 radical (unpaired) electrons. The quantitative estimate of drug-likeness (QED) is 0.158. The summed E-state index contributed by atoms with van der Waals surface area (Å²) in [7, 11) is 0. The number of benzene rings is 4. The second-order valence-electron chi connectivity index (χ2n) is 12.8.